The summed E-state index contributed by atoms with van der Waals surface area (Å²) in [6.45, 7) is 13.1. The van der Waals surface area contributed by atoms with Crippen molar-refractivity contribution in [1.82, 2.24) is 4.98 Å². The van der Waals surface area contributed by atoms with Crippen LogP contribution in [0.4, 0.5) is 5.13 Å². The SMILES string of the molecule is C=CC(=O)OCCCCCCOc1ccc(OOCC2CCC(C(=O)Oc3ccc(OOCC4CCC(C(=O)Oc5ccc(OCCCCCCOC(=O)C=C)cc5)CC4)c(/C=N/N(CCOCCCC)c4nc5ccccc5s4)c3)CC2)cc1. The third kappa shape index (κ3) is 23.6. The lowest BCUT2D eigenvalue weighted by molar-refractivity contribution is -0.218. The van der Waals surface area contributed by atoms with E-state index in [-0.39, 0.29) is 35.6 Å². The highest BCUT2D eigenvalue weighted by atomic mass is 32.1. The second kappa shape index (κ2) is 37.2. The van der Waals surface area contributed by atoms with Gasteiger partial charge in [0, 0.05) is 24.3 Å². The number of carbonyl (C=O) groups excluding carboxylic acids is 4. The van der Waals surface area contributed by atoms with Crippen LogP contribution in [0, 0.1) is 23.7 Å². The van der Waals surface area contributed by atoms with Crippen LogP contribution in [0.25, 0.3) is 10.2 Å². The summed E-state index contributed by atoms with van der Waals surface area (Å²) in [5.74, 6) is 1.74. The Morgan fingerprint density at radius 3 is 1.66 bits per heavy atom. The van der Waals surface area contributed by atoms with Crippen molar-refractivity contribution in [3.05, 3.63) is 122 Å². The molecule has 4 aromatic carbocycles. The lowest BCUT2D eigenvalue weighted by atomic mass is 9.82. The highest BCUT2D eigenvalue weighted by Gasteiger charge is 2.30. The third-order valence-corrected chi connectivity index (χ3v) is 15.8. The van der Waals surface area contributed by atoms with E-state index in [1.54, 1.807) is 60.8 Å². The van der Waals surface area contributed by atoms with Crippen molar-refractivity contribution in [3.63, 3.8) is 0 Å². The molecule has 0 unspecified atom stereocenters. The number of rotatable bonds is 39. The minimum atomic E-state index is -0.401. The van der Waals surface area contributed by atoms with Gasteiger partial charge in [0.2, 0.25) is 5.13 Å². The predicted molar refractivity (Wildman–Crippen MR) is 325 cm³/mol. The molecule has 0 amide bonds. The van der Waals surface area contributed by atoms with Crippen molar-refractivity contribution in [1.29, 1.82) is 0 Å². The maximum Gasteiger partial charge on any atom is 0.330 e. The molecule has 19 heteroatoms. The smallest absolute Gasteiger partial charge is 0.330 e. The van der Waals surface area contributed by atoms with Crippen LogP contribution in [-0.4, -0.2) is 94.5 Å². The standard InChI is InChI=1S/C66H83N3O15S/c1-4-7-39-74-44-38-69(66-68-59-18-12-13-19-61(59)85-66)67-46-53-45-58(82-65(73)52-26-20-49(21-27-52)47-79-83-57-34-30-55(31-35-57)76-41-15-9-11-17-43-78-63(71)6-3)36-37-60(53)84-80-48-50-22-24-51(25-23-50)64(72)81-56-32-28-54(29-33-56)75-40-14-8-10-16-42-77-62(70)5-2/h5-6,12-13,18-19,28-37,45-46,49-52H,2-4,7-11,14-17,20-27,38-44,47-48H2,1H3/b67-46+. The molecule has 0 atom stereocenters. The minimum Gasteiger partial charge on any atom is -0.494 e. The van der Waals surface area contributed by atoms with Crippen LogP contribution in [0.2, 0.25) is 0 Å². The first-order chi connectivity index (χ1) is 41.7. The molecule has 85 heavy (non-hydrogen) atoms. The van der Waals surface area contributed by atoms with Crippen LogP contribution in [0.1, 0.15) is 128 Å². The number of hydrogen-bond donors (Lipinski definition) is 0. The summed E-state index contributed by atoms with van der Waals surface area (Å²) in [7, 11) is 0. The van der Waals surface area contributed by atoms with E-state index in [1.165, 1.54) is 23.5 Å². The van der Waals surface area contributed by atoms with Crippen LogP contribution < -0.4 is 33.7 Å². The third-order valence-electron chi connectivity index (χ3n) is 14.7. The number of ether oxygens (including phenoxy) is 7. The molecule has 2 aliphatic carbocycles. The molecule has 0 spiro atoms. The second-order valence-corrected chi connectivity index (χ2v) is 22.2. The molecule has 2 aliphatic rings. The Kier molecular flexibility index (Phi) is 28.5. The Morgan fingerprint density at radius 1 is 0.576 bits per heavy atom. The number of carbonyl (C=O) groups is 4. The number of fused-ring (bicyclic) bond motifs is 1. The first kappa shape index (κ1) is 65.2. The average molecular weight is 1190 g/mol. The monoisotopic (exact) mass is 1190 g/mol. The number of hydrazone groups is 1. The van der Waals surface area contributed by atoms with Gasteiger partial charge in [0.15, 0.2) is 11.5 Å². The number of nitrogens with zero attached hydrogens (tertiary/aromatic N) is 3. The first-order valence-corrected chi connectivity index (χ1v) is 30.9. The van der Waals surface area contributed by atoms with E-state index in [4.69, 9.17) is 62.8 Å². The molecule has 2 saturated carbocycles. The van der Waals surface area contributed by atoms with Crippen LogP contribution in [-0.2, 0) is 43.2 Å². The number of esters is 4. The zero-order valence-electron chi connectivity index (χ0n) is 49.1. The molecule has 1 aromatic heterocycles. The van der Waals surface area contributed by atoms with Gasteiger partial charge < -0.3 is 42.9 Å². The fraction of sp³-hybridized carbons (Fsp3) is 0.485. The van der Waals surface area contributed by atoms with Gasteiger partial charge in [-0.25, -0.2) is 19.6 Å². The number of anilines is 1. The van der Waals surface area contributed by atoms with Crippen LogP contribution in [0.5, 0.6) is 34.5 Å². The Bertz CT molecular complexity index is 2810. The maximum atomic E-state index is 13.7. The first-order valence-electron chi connectivity index (χ1n) is 30.1. The van der Waals surface area contributed by atoms with E-state index in [1.807, 2.05) is 41.4 Å². The fourth-order valence-electron chi connectivity index (χ4n) is 9.65. The number of unbranched alkanes of at least 4 members (excludes halogenated alkanes) is 7. The topological polar surface area (TPSA) is 198 Å². The quantitative estimate of drug-likeness (QED) is 0.00684. The van der Waals surface area contributed by atoms with Crippen molar-refractivity contribution < 1.29 is 71.9 Å². The molecule has 7 rings (SSSR count). The highest BCUT2D eigenvalue weighted by molar-refractivity contribution is 7.22. The van der Waals surface area contributed by atoms with E-state index < -0.39 is 11.9 Å². The molecule has 0 aliphatic heterocycles. The molecule has 2 fully saturated rings. The van der Waals surface area contributed by atoms with E-state index in [0.717, 1.165) is 106 Å². The lowest BCUT2D eigenvalue weighted by Gasteiger charge is -2.27. The lowest BCUT2D eigenvalue weighted by Crippen LogP contribution is -2.27. The summed E-state index contributed by atoms with van der Waals surface area (Å²) in [6, 6.07) is 27.5. The molecular formula is C66H83N3O15S. The van der Waals surface area contributed by atoms with Gasteiger partial charge in [-0.05, 0) is 200 Å². The Morgan fingerprint density at radius 2 is 1.09 bits per heavy atom. The zero-order chi connectivity index (χ0) is 59.7. The summed E-state index contributed by atoms with van der Waals surface area (Å²) < 4.78 is 40.6. The van der Waals surface area contributed by atoms with Crippen molar-refractivity contribution in [3.8, 4) is 34.5 Å². The predicted octanol–water partition coefficient (Wildman–Crippen LogP) is 13.7. The molecular weight excluding hydrogens is 1110 g/mol. The Balaban J connectivity index is 0.867. The van der Waals surface area contributed by atoms with Crippen LogP contribution in [0.15, 0.2) is 121 Å². The second-order valence-electron chi connectivity index (χ2n) is 21.2. The number of para-hydroxylation sites is 1. The van der Waals surface area contributed by atoms with Crippen LogP contribution in [0.3, 0.4) is 0 Å². The summed E-state index contributed by atoms with van der Waals surface area (Å²) in [5, 5.41) is 7.44. The van der Waals surface area contributed by atoms with Gasteiger partial charge in [-0.1, -0.05) is 50.0 Å². The summed E-state index contributed by atoms with van der Waals surface area (Å²) in [5.41, 5.74) is 1.40. The zero-order valence-corrected chi connectivity index (χ0v) is 49.9. The van der Waals surface area contributed by atoms with E-state index in [0.29, 0.717) is 125 Å². The van der Waals surface area contributed by atoms with Gasteiger partial charge in [0.1, 0.15) is 23.0 Å². The molecule has 0 saturated heterocycles. The van der Waals surface area contributed by atoms with Crippen LogP contribution >= 0.6 is 11.3 Å². The number of aromatic nitrogens is 1. The van der Waals surface area contributed by atoms with Gasteiger partial charge in [-0.15, -0.1) is 0 Å². The van der Waals surface area contributed by atoms with Crippen molar-refractivity contribution in [2.75, 3.05) is 64.4 Å². The number of benzene rings is 4. The molecule has 18 nitrogen and oxygen atoms in total. The number of hydrogen-bond acceptors (Lipinski definition) is 19. The van der Waals surface area contributed by atoms with Crippen molar-refractivity contribution >= 4 is 56.8 Å². The van der Waals surface area contributed by atoms with Crippen molar-refractivity contribution in [2.45, 2.75) is 122 Å². The van der Waals surface area contributed by atoms with Gasteiger partial charge in [-0.2, -0.15) is 14.9 Å². The molecule has 0 N–H and O–H groups in total. The van der Waals surface area contributed by atoms with Gasteiger partial charge in [0.25, 0.3) is 0 Å². The van der Waals surface area contributed by atoms with E-state index in [9.17, 15) is 19.2 Å². The van der Waals surface area contributed by atoms with Gasteiger partial charge in [-0.3, -0.25) is 9.59 Å². The average Bonchev–Trinajstić information content (AvgIpc) is 4.25. The number of thiazole rings is 1. The molecule has 0 radical (unpaired) electrons. The largest absolute Gasteiger partial charge is 0.494 e. The maximum absolute atomic E-state index is 13.7. The van der Waals surface area contributed by atoms with Gasteiger partial charge >= 0.3 is 23.9 Å². The summed E-state index contributed by atoms with van der Waals surface area (Å²) in [4.78, 5) is 77.3. The van der Waals surface area contributed by atoms with Gasteiger partial charge in [0.05, 0.1) is 81.1 Å². The minimum absolute atomic E-state index is 0.158. The highest BCUT2D eigenvalue weighted by Crippen LogP contribution is 2.35. The molecule has 1 heterocycles. The summed E-state index contributed by atoms with van der Waals surface area (Å²) in [6.07, 6.45) is 18.9. The molecule has 0 bridgehead atoms. The van der Waals surface area contributed by atoms with E-state index in [2.05, 4.69) is 20.1 Å². The van der Waals surface area contributed by atoms with E-state index >= 15 is 0 Å². The Labute approximate surface area is 503 Å². The fourth-order valence-corrected chi connectivity index (χ4v) is 10.6. The Hall–Kier alpha value is -7.32. The normalized spacial score (nSPS) is 16.7. The molecule has 5 aromatic rings. The summed E-state index contributed by atoms with van der Waals surface area (Å²) >= 11 is 1.54. The van der Waals surface area contributed by atoms with Crippen molar-refractivity contribution in [2.24, 2.45) is 28.8 Å². The molecule has 458 valence electrons.